The van der Waals surface area contributed by atoms with Gasteiger partial charge in [0.05, 0.1) is 0 Å². The summed E-state index contributed by atoms with van der Waals surface area (Å²) in [4.78, 5) is 24.3. The van der Waals surface area contributed by atoms with Gasteiger partial charge in [-0.2, -0.15) is 0 Å². The van der Waals surface area contributed by atoms with Crippen LogP contribution in [0.3, 0.4) is 0 Å². The third kappa shape index (κ3) is 3.07. The Kier molecular flexibility index (Phi) is 4.10. The molecule has 4 nitrogen and oxygen atoms in total. The first kappa shape index (κ1) is 13.9. The Bertz CT molecular complexity index is 503. The standard InChI is InChI=1S/C14H16ClNO3/c1-2-16(8-13(17)18)14(19)11-7-10(11)9-5-3-4-6-12(9)15/h3-6,10-11H,2,7-8H2,1H3,(H,17,18)/t10-,11+/m0/s1. The van der Waals surface area contributed by atoms with Crippen LogP contribution >= 0.6 is 11.6 Å². The van der Waals surface area contributed by atoms with E-state index in [1.54, 1.807) is 6.92 Å². The fraction of sp³-hybridized carbons (Fsp3) is 0.429. The molecule has 0 radical (unpaired) electrons. The molecular formula is C14H16ClNO3. The van der Waals surface area contributed by atoms with Crippen molar-refractivity contribution in [3.05, 3.63) is 34.9 Å². The van der Waals surface area contributed by atoms with E-state index in [0.29, 0.717) is 11.6 Å². The maximum atomic E-state index is 12.2. The number of carboxylic acid groups (broad SMARTS) is 1. The van der Waals surface area contributed by atoms with E-state index < -0.39 is 5.97 Å². The number of carbonyl (C=O) groups excluding carboxylic acids is 1. The summed E-state index contributed by atoms with van der Waals surface area (Å²) in [6.45, 7) is 1.96. The summed E-state index contributed by atoms with van der Waals surface area (Å²) in [6.07, 6.45) is 0.749. The first-order chi connectivity index (χ1) is 9.04. The molecule has 0 bridgehead atoms. The number of aliphatic carboxylic acids is 1. The van der Waals surface area contributed by atoms with E-state index in [9.17, 15) is 9.59 Å². The molecule has 102 valence electrons. The Morgan fingerprint density at radius 1 is 1.42 bits per heavy atom. The molecule has 1 N–H and O–H groups in total. The molecule has 5 heteroatoms. The van der Waals surface area contributed by atoms with Gasteiger partial charge in [-0.1, -0.05) is 29.8 Å². The van der Waals surface area contributed by atoms with Crippen molar-refractivity contribution in [1.29, 1.82) is 0 Å². The lowest BCUT2D eigenvalue weighted by atomic mass is 10.1. The minimum atomic E-state index is -0.981. The third-order valence-corrected chi connectivity index (χ3v) is 3.78. The summed E-state index contributed by atoms with van der Waals surface area (Å²) in [7, 11) is 0. The Balaban J connectivity index is 2.04. The maximum absolute atomic E-state index is 12.2. The van der Waals surface area contributed by atoms with Gasteiger partial charge in [0, 0.05) is 17.5 Å². The van der Waals surface area contributed by atoms with Gasteiger partial charge in [0.25, 0.3) is 0 Å². The highest BCUT2D eigenvalue weighted by Crippen LogP contribution is 2.50. The first-order valence-electron chi connectivity index (χ1n) is 6.29. The number of halogens is 1. The molecule has 19 heavy (non-hydrogen) atoms. The zero-order valence-electron chi connectivity index (χ0n) is 10.7. The van der Waals surface area contributed by atoms with E-state index in [4.69, 9.17) is 16.7 Å². The van der Waals surface area contributed by atoms with Crippen LogP contribution < -0.4 is 0 Å². The van der Waals surface area contributed by atoms with Crippen LogP contribution in [0.15, 0.2) is 24.3 Å². The zero-order chi connectivity index (χ0) is 14.0. The molecule has 2 atom stereocenters. The highest BCUT2D eigenvalue weighted by Gasteiger charge is 2.46. The summed E-state index contributed by atoms with van der Waals surface area (Å²) in [5.41, 5.74) is 0.980. The quantitative estimate of drug-likeness (QED) is 0.901. The summed E-state index contributed by atoms with van der Waals surface area (Å²) in [5, 5.41) is 9.45. The highest BCUT2D eigenvalue weighted by molar-refractivity contribution is 6.31. The summed E-state index contributed by atoms with van der Waals surface area (Å²) in [6, 6.07) is 7.49. The van der Waals surface area contributed by atoms with Crippen LogP contribution in [-0.4, -0.2) is 35.0 Å². The topological polar surface area (TPSA) is 57.6 Å². The van der Waals surface area contributed by atoms with Crippen LogP contribution in [0.4, 0.5) is 0 Å². The fourth-order valence-corrected chi connectivity index (χ4v) is 2.61. The molecule has 0 saturated heterocycles. The van der Waals surface area contributed by atoms with Crippen LogP contribution in [0, 0.1) is 5.92 Å². The monoisotopic (exact) mass is 281 g/mol. The lowest BCUT2D eigenvalue weighted by Crippen LogP contribution is -2.36. The summed E-state index contributed by atoms with van der Waals surface area (Å²) < 4.78 is 0. The number of hydrogen-bond donors (Lipinski definition) is 1. The number of amides is 1. The maximum Gasteiger partial charge on any atom is 0.323 e. The van der Waals surface area contributed by atoms with Crippen molar-refractivity contribution in [2.24, 2.45) is 5.92 Å². The van der Waals surface area contributed by atoms with Gasteiger partial charge in [0.2, 0.25) is 5.91 Å². The number of benzene rings is 1. The second-order valence-corrected chi connectivity index (χ2v) is 5.12. The Morgan fingerprint density at radius 3 is 2.68 bits per heavy atom. The first-order valence-corrected chi connectivity index (χ1v) is 6.67. The second kappa shape index (κ2) is 5.61. The van der Waals surface area contributed by atoms with E-state index >= 15 is 0 Å². The third-order valence-electron chi connectivity index (χ3n) is 3.43. The van der Waals surface area contributed by atoms with Gasteiger partial charge in [0.1, 0.15) is 6.54 Å². The number of likely N-dealkylation sites (N-methyl/N-ethyl adjacent to an activating group) is 1. The minimum Gasteiger partial charge on any atom is -0.480 e. The predicted octanol–water partition coefficient (Wildman–Crippen LogP) is 2.38. The van der Waals surface area contributed by atoms with Gasteiger partial charge in [0.15, 0.2) is 0 Å². The molecule has 0 unspecified atom stereocenters. The average molecular weight is 282 g/mol. The van der Waals surface area contributed by atoms with Crippen molar-refractivity contribution < 1.29 is 14.7 Å². The van der Waals surface area contributed by atoms with Crippen LogP contribution in [0.1, 0.15) is 24.8 Å². The molecule has 0 heterocycles. The van der Waals surface area contributed by atoms with E-state index in [-0.39, 0.29) is 24.3 Å². The largest absolute Gasteiger partial charge is 0.480 e. The number of carbonyl (C=O) groups is 2. The van der Waals surface area contributed by atoms with Crippen molar-refractivity contribution in [2.75, 3.05) is 13.1 Å². The van der Waals surface area contributed by atoms with Gasteiger partial charge in [-0.15, -0.1) is 0 Å². The van der Waals surface area contributed by atoms with Gasteiger partial charge in [-0.05, 0) is 30.9 Å². The lowest BCUT2D eigenvalue weighted by molar-refractivity contribution is -0.144. The van der Waals surface area contributed by atoms with Crippen LogP contribution in [0.25, 0.3) is 0 Å². The molecule has 1 fully saturated rings. The molecule has 0 aromatic heterocycles. The normalized spacial score (nSPS) is 20.9. The van der Waals surface area contributed by atoms with E-state index in [0.717, 1.165) is 12.0 Å². The summed E-state index contributed by atoms with van der Waals surface area (Å²) >= 11 is 6.11. The number of rotatable bonds is 5. The Morgan fingerprint density at radius 2 is 2.11 bits per heavy atom. The van der Waals surface area contributed by atoms with Crippen LogP contribution in [0.5, 0.6) is 0 Å². The molecule has 1 aromatic rings. The molecule has 0 spiro atoms. The van der Waals surface area contributed by atoms with Crippen molar-refractivity contribution in [3.8, 4) is 0 Å². The fourth-order valence-electron chi connectivity index (χ4n) is 2.33. The van der Waals surface area contributed by atoms with Crippen molar-refractivity contribution in [3.63, 3.8) is 0 Å². The molecule has 1 aliphatic rings. The van der Waals surface area contributed by atoms with Crippen LogP contribution in [0.2, 0.25) is 5.02 Å². The SMILES string of the molecule is CCN(CC(=O)O)C(=O)[C@@H]1C[C@H]1c1ccccc1Cl. The van der Waals surface area contributed by atoms with Crippen molar-refractivity contribution >= 4 is 23.5 Å². The molecule has 1 aliphatic carbocycles. The van der Waals surface area contributed by atoms with Gasteiger partial charge in [-0.3, -0.25) is 9.59 Å². The number of hydrogen-bond acceptors (Lipinski definition) is 2. The van der Waals surface area contributed by atoms with Gasteiger partial charge >= 0.3 is 5.97 Å². The average Bonchev–Trinajstić information content (AvgIpc) is 3.15. The van der Waals surface area contributed by atoms with E-state index in [1.807, 2.05) is 24.3 Å². The number of carboxylic acids is 1. The molecule has 2 rings (SSSR count). The highest BCUT2D eigenvalue weighted by atomic mass is 35.5. The van der Waals surface area contributed by atoms with Crippen molar-refractivity contribution in [1.82, 2.24) is 4.90 Å². The Hall–Kier alpha value is -1.55. The van der Waals surface area contributed by atoms with E-state index in [1.165, 1.54) is 4.90 Å². The molecule has 1 aromatic carbocycles. The summed E-state index contributed by atoms with van der Waals surface area (Å²) in [5.74, 6) is -1.07. The van der Waals surface area contributed by atoms with E-state index in [2.05, 4.69) is 0 Å². The number of nitrogens with zero attached hydrogens (tertiary/aromatic N) is 1. The molecular weight excluding hydrogens is 266 g/mol. The predicted molar refractivity (Wildman–Crippen MR) is 72.2 cm³/mol. The Labute approximate surface area is 117 Å². The van der Waals surface area contributed by atoms with Crippen molar-refractivity contribution in [2.45, 2.75) is 19.3 Å². The molecule has 1 saturated carbocycles. The van der Waals surface area contributed by atoms with Gasteiger partial charge < -0.3 is 10.0 Å². The zero-order valence-corrected chi connectivity index (χ0v) is 11.4. The smallest absolute Gasteiger partial charge is 0.323 e. The van der Waals surface area contributed by atoms with Crippen LogP contribution in [-0.2, 0) is 9.59 Å². The van der Waals surface area contributed by atoms with Gasteiger partial charge in [-0.25, -0.2) is 0 Å². The minimum absolute atomic E-state index is 0.0881. The molecule has 0 aliphatic heterocycles. The lowest BCUT2D eigenvalue weighted by Gasteiger charge is -2.18. The second-order valence-electron chi connectivity index (χ2n) is 4.72. The molecule has 1 amide bonds.